The van der Waals surface area contributed by atoms with Crippen LogP contribution in [-0.4, -0.2) is 76.8 Å². The quantitative estimate of drug-likeness (QED) is 0.362. The maximum atomic E-state index is 11.7. The van der Waals surface area contributed by atoms with Crippen LogP contribution < -0.4 is 31.5 Å². The van der Waals surface area contributed by atoms with Gasteiger partial charge in [0.2, 0.25) is 21.7 Å². The molecular formula is C28H50N4O4. The predicted octanol–water partition coefficient (Wildman–Crippen LogP) is 2.66. The minimum absolute atomic E-state index is 0.126. The van der Waals surface area contributed by atoms with Gasteiger partial charge in [-0.05, 0) is 45.4 Å². The lowest BCUT2D eigenvalue weighted by atomic mass is 9.95. The highest BCUT2D eigenvalue weighted by atomic mass is 16.2. The molecule has 0 aliphatic carbocycles. The molecule has 0 aromatic heterocycles. The monoisotopic (exact) mass is 506 g/mol. The van der Waals surface area contributed by atoms with Crippen LogP contribution >= 0.6 is 0 Å². The zero-order valence-corrected chi connectivity index (χ0v) is 24.4. The van der Waals surface area contributed by atoms with Crippen molar-refractivity contribution in [2.75, 3.05) is 76.8 Å². The van der Waals surface area contributed by atoms with Gasteiger partial charge in [0.1, 0.15) is 0 Å². The van der Waals surface area contributed by atoms with Gasteiger partial charge in [-0.1, -0.05) is 48.5 Å². The minimum Gasteiger partial charge on any atom is -0.370 e. The SMILES string of the molecule is CC.CCCN(C)CCN(C)c1cc(=O)c1=O.CCCN(CC)CCN(C)c1c(C(C)C)c(=O)c1=O. The van der Waals surface area contributed by atoms with E-state index in [9.17, 15) is 19.2 Å². The molecule has 0 saturated heterocycles. The minimum atomic E-state index is -0.376. The molecule has 0 saturated carbocycles. The van der Waals surface area contributed by atoms with Gasteiger partial charge in [-0.15, -0.1) is 0 Å². The van der Waals surface area contributed by atoms with Gasteiger partial charge in [-0.2, -0.15) is 0 Å². The molecule has 8 nitrogen and oxygen atoms in total. The lowest BCUT2D eigenvalue weighted by molar-refractivity contribution is 0.295. The third-order valence-electron chi connectivity index (χ3n) is 6.18. The summed E-state index contributed by atoms with van der Waals surface area (Å²) in [5.74, 6) is 0.126. The molecule has 0 N–H and O–H groups in total. The molecule has 2 aromatic rings. The fraction of sp³-hybridized carbons (Fsp3) is 0.714. The summed E-state index contributed by atoms with van der Waals surface area (Å²) >= 11 is 0. The molecule has 0 fully saturated rings. The van der Waals surface area contributed by atoms with E-state index in [0.29, 0.717) is 16.9 Å². The Kier molecular flexibility index (Phi) is 16.1. The highest BCUT2D eigenvalue weighted by Crippen LogP contribution is 2.21. The molecule has 0 aliphatic rings. The first-order valence-electron chi connectivity index (χ1n) is 13.5. The molecule has 0 atom stereocenters. The second kappa shape index (κ2) is 17.2. The van der Waals surface area contributed by atoms with E-state index >= 15 is 0 Å². The Balaban J connectivity index is 0.000000651. The Morgan fingerprint density at radius 2 is 1.25 bits per heavy atom. The third kappa shape index (κ3) is 9.62. The van der Waals surface area contributed by atoms with Crippen LogP contribution in [0, 0.1) is 0 Å². The lowest BCUT2D eigenvalue weighted by Gasteiger charge is -2.28. The highest BCUT2D eigenvalue weighted by molar-refractivity contribution is 5.59. The van der Waals surface area contributed by atoms with E-state index in [1.165, 1.54) is 6.07 Å². The van der Waals surface area contributed by atoms with Gasteiger partial charge >= 0.3 is 0 Å². The van der Waals surface area contributed by atoms with Crippen LogP contribution in [0.15, 0.2) is 25.2 Å². The molecule has 206 valence electrons. The topological polar surface area (TPSA) is 81.2 Å². The van der Waals surface area contributed by atoms with Crippen molar-refractivity contribution in [1.82, 2.24) is 9.80 Å². The van der Waals surface area contributed by atoms with Crippen molar-refractivity contribution in [3.8, 4) is 0 Å². The first-order chi connectivity index (χ1) is 17.0. The van der Waals surface area contributed by atoms with Gasteiger partial charge in [0.15, 0.2) is 0 Å². The summed E-state index contributed by atoms with van der Waals surface area (Å²) in [6, 6.07) is 1.40. The largest absolute Gasteiger partial charge is 0.370 e. The molecule has 8 heteroatoms. The van der Waals surface area contributed by atoms with Crippen molar-refractivity contribution < 1.29 is 0 Å². The Hall–Kier alpha value is -2.32. The summed E-state index contributed by atoms with van der Waals surface area (Å²) in [5.41, 5.74) is 0.542. The molecule has 0 radical (unpaired) electrons. The second-order valence-corrected chi connectivity index (χ2v) is 9.38. The van der Waals surface area contributed by atoms with Crippen molar-refractivity contribution >= 4 is 11.4 Å². The number of hydrogen-bond acceptors (Lipinski definition) is 8. The number of nitrogens with zero attached hydrogens (tertiary/aromatic N) is 4. The molecule has 0 spiro atoms. The van der Waals surface area contributed by atoms with Gasteiger partial charge in [0.05, 0.1) is 11.4 Å². The van der Waals surface area contributed by atoms with Crippen LogP contribution in [0.5, 0.6) is 0 Å². The number of anilines is 2. The molecule has 0 aliphatic heterocycles. The Morgan fingerprint density at radius 3 is 1.69 bits per heavy atom. The normalized spacial score (nSPS) is 11.0. The van der Waals surface area contributed by atoms with E-state index in [1.54, 1.807) is 0 Å². The first-order valence-corrected chi connectivity index (χ1v) is 13.5. The lowest BCUT2D eigenvalue weighted by Crippen LogP contribution is -2.45. The van der Waals surface area contributed by atoms with Crippen LogP contribution in [0.3, 0.4) is 0 Å². The zero-order valence-electron chi connectivity index (χ0n) is 24.4. The summed E-state index contributed by atoms with van der Waals surface area (Å²) in [7, 11) is 5.80. The van der Waals surface area contributed by atoms with Gasteiger partial charge in [-0.3, -0.25) is 19.2 Å². The second-order valence-electron chi connectivity index (χ2n) is 9.38. The average molecular weight is 507 g/mol. The summed E-state index contributed by atoms with van der Waals surface area (Å²) in [5, 5.41) is 0. The molecule has 0 unspecified atom stereocenters. The van der Waals surface area contributed by atoms with E-state index in [4.69, 9.17) is 0 Å². The summed E-state index contributed by atoms with van der Waals surface area (Å²) in [4.78, 5) is 53.4. The van der Waals surface area contributed by atoms with Crippen LogP contribution in [0.2, 0.25) is 0 Å². The van der Waals surface area contributed by atoms with Gasteiger partial charge < -0.3 is 19.6 Å². The standard InChI is InChI=1S/C15H26N2O2.C11H18N2O2.C2H6/c1-6-8-17(7-2)10-9-16(5)13-12(11(3)4)14(18)15(13)19;1-4-5-12(2)6-7-13(3)9-8-10(14)11(9)15;1-2/h11H,6-10H2,1-5H3;8H,4-7H2,1-3H3;1-2H3. The van der Waals surface area contributed by atoms with Gasteiger partial charge in [-0.25, -0.2) is 0 Å². The molecule has 0 heterocycles. The van der Waals surface area contributed by atoms with Crippen molar-refractivity contribution in [2.45, 2.75) is 67.2 Å². The van der Waals surface area contributed by atoms with Crippen LogP contribution in [0.1, 0.15) is 72.8 Å². The van der Waals surface area contributed by atoms with Gasteiger partial charge in [0.25, 0.3) is 0 Å². The number of likely N-dealkylation sites (N-methyl/N-ethyl adjacent to an activating group) is 4. The maximum Gasteiger partial charge on any atom is 0.249 e. The Labute approximate surface area is 217 Å². The first kappa shape index (κ1) is 33.7. The fourth-order valence-electron chi connectivity index (χ4n) is 3.98. The average Bonchev–Trinajstić information content (AvgIpc) is 2.87. The molecule has 0 amide bonds. The summed E-state index contributed by atoms with van der Waals surface area (Å²) in [6.45, 7) is 20.9. The predicted molar refractivity (Wildman–Crippen MR) is 155 cm³/mol. The molecule has 2 rings (SSSR count). The smallest absolute Gasteiger partial charge is 0.249 e. The van der Waals surface area contributed by atoms with Crippen molar-refractivity contribution in [3.05, 3.63) is 52.5 Å². The highest BCUT2D eigenvalue weighted by Gasteiger charge is 2.25. The summed E-state index contributed by atoms with van der Waals surface area (Å²) in [6.07, 6.45) is 2.26. The molecule has 36 heavy (non-hydrogen) atoms. The Morgan fingerprint density at radius 1 is 0.694 bits per heavy atom. The molecule has 2 aromatic carbocycles. The number of hydrogen-bond donors (Lipinski definition) is 0. The van der Waals surface area contributed by atoms with Crippen LogP contribution in [0.25, 0.3) is 0 Å². The van der Waals surface area contributed by atoms with E-state index in [0.717, 1.165) is 58.7 Å². The fourth-order valence-corrected chi connectivity index (χ4v) is 3.98. The van der Waals surface area contributed by atoms with E-state index < -0.39 is 0 Å². The van der Waals surface area contributed by atoms with Crippen LogP contribution in [-0.2, 0) is 0 Å². The molecular weight excluding hydrogens is 456 g/mol. The van der Waals surface area contributed by atoms with E-state index in [1.807, 2.05) is 51.6 Å². The maximum absolute atomic E-state index is 11.7. The molecule has 0 bridgehead atoms. The summed E-state index contributed by atoms with van der Waals surface area (Å²) < 4.78 is 0. The van der Waals surface area contributed by atoms with Crippen molar-refractivity contribution in [3.63, 3.8) is 0 Å². The number of rotatable bonds is 14. The van der Waals surface area contributed by atoms with Crippen molar-refractivity contribution in [2.24, 2.45) is 0 Å². The van der Waals surface area contributed by atoms with Crippen LogP contribution in [0.4, 0.5) is 11.4 Å². The zero-order chi connectivity index (χ0) is 28.0. The van der Waals surface area contributed by atoms with E-state index in [2.05, 4.69) is 37.6 Å². The Bertz CT molecular complexity index is 1020. The third-order valence-corrected chi connectivity index (χ3v) is 6.18. The van der Waals surface area contributed by atoms with E-state index in [-0.39, 0.29) is 27.6 Å². The van der Waals surface area contributed by atoms with Crippen molar-refractivity contribution in [1.29, 1.82) is 0 Å². The van der Waals surface area contributed by atoms with Gasteiger partial charge in [0, 0.05) is 51.9 Å².